The van der Waals surface area contributed by atoms with Crippen molar-refractivity contribution in [1.29, 1.82) is 0 Å². The second-order valence-electron chi connectivity index (χ2n) is 5.28. The monoisotopic (exact) mass is 248 g/mol. The third-order valence-corrected chi connectivity index (χ3v) is 2.68. The molecule has 0 radical (unpaired) electrons. The van der Waals surface area contributed by atoms with E-state index in [2.05, 4.69) is 26.8 Å². The van der Waals surface area contributed by atoms with Crippen molar-refractivity contribution in [3.63, 3.8) is 0 Å². The maximum Gasteiger partial charge on any atom is 0.331 e. The van der Waals surface area contributed by atoms with Gasteiger partial charge < -0.3 is 9.84 Å². The van der Waals surface area contributed by atoms with Gasteiger partial charge in [-0.25, -0.2) is 4.79 Å². The lowest BCUT2D eigenvalue weighted by molar-refractivity contribution is -0.132. The summed E-state index contributed by atoms with van der Waals surface area (Å²) in [4.78, 5) is 10.6. The van der Waals surface area contributed by atoms with E-state index in [0.29, 0.717) is 5.57 Å². The Morgan fingerprint density at radius 3 is 2.61 bits per heavy atom. The van der Waals surface area contributed by atoms with Gasteiger partial charge in [0, 0.05) is 5.57 Å². The average molecular weight is 248 g/mol. The smallest absolute Gasteiger partial charge is 0.331 e. The highest BCUT2D eigenvalue weighted by Crippen LogP contribution is 2.25. The van der Waals surface area contributed by atoms with E-state index < -0.39 is 5.97 Å². The zero-order valence-electron chi connectivity index (χ0n) is 11.4. The van der Waals surface area contributed by atoms with Crippen LogP contribution in [0.5, 0.6) is 5.75 Å². The maximum absolute atomic E-state index is 10.6. The molecule has 0 aliphatic carbocycles. The highest BCUT2D eigenvalue weighted by molar-refractivity contribution is 5.85. The predicted octanol–water partition coefficient (Wildman–Crippen LogP) is 3.39. The van der Waals surface area contributed by atoms with Crippen LogP contribution in [-0.4, -0.2) is 17.7 Å². The van der Waals surface area contributed by atoms with E-state index >= 15 is 0 Å². The van der Waals surface area contributed by atoms with Crippen LogP contribution in [0.4, 0.5) is 0 Å². The molecule has 1 aromatic carbocycles. The average Bonchev–Trinajstić information content (AvgIpc) is 2.28. The summed E-state index contributed by atoms with van der Waals surface area (Å²) in [6.45, 7) is 8.24. The van der Waals surface area contributed by atoms with Gasteiger partial charge in [0.05, 0.1) is 0 Å². The Bertz CT molecular complexity index is 453. The van der Waals surface area contributed by atoms with E-state index in [1.165, 1.54) is 5.56 Å². The number of rotatable bonds is 4. The van der Waals surface area contributed by atoms with Gasteiger partial charge in [-0.1, -0.05) is 32.9 Å². The van der Waals surface area contributed by atoms with Gasteiger partial charge in [-0.2, -0.15) is 0 Å². The number of carboxylic acids is 1. The van der Waals surface area contributed by atoms with Crippen molar-refractivity contribution in [2.24, 2.45) is 0 Å². The fourth-order valence-electron chi connectivity index (χ4n) is 1.40. The number of hydrogen-bond acceptors (Lipinski definition) is 2. The molecular formula is C15H20O3. The van der Waals surface area contributed by atoms with Gasteiger partial charge in [0.2, 0.25) is 0 Å². The van der Waals surface area contributed by atoms with Gasteiger partial charge in [-0.05, 0) is 36.1 Å². The van der Waals surface area contributed by atoms with Crippen LogP contribution in [-0.2, 0) is 10.2 Å². The molecule has 0 aromatic heterocycles. The molecule has 0 saturated heterocycles. The van der Waals surface area contributed by atoms with Gasteiger partial charge in [-0.15, -0.1) is 0 Å². The van der Waals surface area contributed by atoms with Crippen LogP contribution in [0.3, 0.4) is 0 Å². The number of ether oxygens (including phenoxy) is 1. The van der Waals surface area contributed by atoms with Gasteiger partial charge in [0.1, 0.15) is 12.4 Å². The van der Waals surface area contributed by atoms with Crippen LogP contribution in [0.2, 0.25) is 0 Å². The molecule has 3 nitrogen and oxygen atoms in total. The summed E-state index contributed by atoms with van der Waals surface area (Å²) in [6.07, 6.45) is 1.56. The predicted molar refractivity (Wildman–Crippen MR) is 72.0 cm³/mol. The Morgan fingerprint density at radius 1 is 1.39 bits per heavy atom. The first-order valence-electron chi connectivity index (χ1n) is 5.94. The quantitative estimate of drug-likeness (QED) is 0.831. The van der Waals surface area contributed by atoms with Crippen LogP contribution in [0, 0.1) is 0 Å². The van der Waals surface area contributed by atoms with E-state index in [1.54, 1.807) is 13.0 Å². The van der Waals surface area contributed by atoms with E-state index in [1.807, 2.05) is 18.2 Å². The van der Waals surface area contributed by atoms with Gasteiger partial charge in [0.25, 0.3) is 0 Å². The van der Waals surface area contributed by atoms with Crippen LogP contribution in [0.1, 0.15) is 33.3 Å². The van der Waals surface area contributed by atoms with Crippen molar-refractivity contribution < 1.29 is 14.6 Å². The lowest BCUT2D eigenvalue weighted by Gasteiger charge is -2.19. The SMILES string of the molecule is CC(=CCOc1cccc(C(C)(C)C)c1)C(=O)O. The van der Waals surface area contributed by atoms with E-state index in [0.717, 1.165) is 5.75 Å². The van der Waals surface area contributed by atoms with Crippen molar-refractivity contribution in [3.05, 3.63) is 41.5 Å². The molecule has 3 heteroatoms. The minimum absolute atomic E-state index is 0.0756. The van der Waals surface area contributed by atoms with Crippen LogP contribution < -0.4 is 4.74 Å². The molecule has 98 valence electrons. The summed E-state index contributed by atoms with van der Waals surface area (Å²) in [5, 5.41) is 8.71. The number of benzene rings is 1. The van der Waals surface area contributed by atoms with Crippen molar-refractivity contribution in [1.82, 2.24) is 0 Å². The summed E-state index contributed by atoms with van der Waals surface area (Å²) < 4.78 is 5.52. The second-order valence-corrected chi connectivity index (χ2v) is 5.28. The second kappa shape index (κ2) is 5.71. The van der Waals surface area contributed by atoms with Crippen molar-refractivity contribution >= 4 is 5.97 Å². The Hall–Kier alpha value is -1.77. The Kier molecular flexibility index (Phi) is 4.54. The standard InChI is InChI=1S/C15H20O3/c1-11(14(16)17)8-9-18-13-7-5-6-12(10-13)15(2,3)4/h5-8,10H,9H2,1-4H3,(H,16,17). The zero-order chi connectivity index (χ0) is 13.8. The van der Waals surface area contributed by atoms with Crippen molar-refractivity contribution in [3.8, 4) is 5.75 Å². The lowest BCUT2D eigenvalue weighted by atomic mass is 9.87. The highest BCUT2D eigenvalue weighted by atomic mass is 16.5. The number of hydrogen-bond donors (Lipinski definition) is 1. The molecule has 0 fully saturated rings. The lowest BCUT2D eigenvalue weighted by Crippen LogP contribution is -2.11. The summed E-state index contributed by atoms with van der Waals surface area (Å²) in [5.74, 6) is -0.154. The first-order chi connectivity index (χ1) is 8.30. The van der Waals surface area contributed by atoms with E-state index in [4.69, 9.17) is 9.84 Å². The molecule has 1 rings (SSSR count). The largest absolute Gasteiger partial charge is 0.490 e. The molecule has 18 heavy (non-hydrogen) atoms. The van der Waals surface area contributed by atoms with Crippen molar-refractivity contribution in [2.45, 2.75) is 33.1 Å². The fraction of sp³-hybridized carbons (Fsp3) is 0.400. The normalized spacial score (nSPS) is 12.3. The Balaban J connectivity index is 2.70. The molecule has 0 heterocycles. The Labute approximate surface area is 108 Å². The minimum Gasteiger partial charge on any atom is -0.490 e. The maximum atomic E-state index is 10.6. The molecule has 0 bridgehead atoms. The molecule has 0 saturated carbocycles. The molecule has 0 aliphatic heterocycles. The van der Waals surface area contributed by atoms with Gasteiger partial charge in [0.15, 0.2) is 0 Å². The molecule has 0 amide bonds. The Morgan fingerprint density at radius 2 is 2.06 bits per heavy atom. The van der Waals surface area contributed by atoms with E-state index in [-0.39, 0.29) is 12.0 Å². The topological polar surface area (TPSA) is 46.5 Å². The third kappa shape index (κ3) is 4.24. The summed E-state index contributed by atoms with van der Waals surface area (Å²) in [5.41, 5.74) is 1.56. The van der Waals surface area contributed by atoms with Crippen LogP contribution in [0.15, 0.2) is 35.9 Å². The molecule has 1 aromatic rings. The van der Waals surface area contributed by atoms with Crippen LogP contribution in [0.25, 0.3) is 0 Å². The molecule has 0 atom stereocenters. The molecule has 0 spiro atoms. The van der Waals surface area contributed by atoms with Crippen LogP contribution >= 0.6 is 0 Å². The third-order valence-electron chi connectivity index (χ3n) is 2.68. The van der Waals surface area contributed by atoms with Gasteiger partial charge in [-0.3, -0.25) is 0 Å². The summed E-state index contributed by atoms with van der Waals surface area (Å²) >= 11 is 0. The zero-order valence-corrected chi connectivity index (χ0v) is 11.4. The summed E-state index contributed by atoms with van der Waals surface area (Å²) in [7, 11) is 0. The van der Waals surface area contributed by atoms with Gasteiger partial charge >= 0.3 is 5.97 Å². The molecule has 1 N–H and O–H groups in total. The first-order valence-corrected chi connectivity index (χ1v) is 5.94. The summed E-state index contributed by atoms with van der Waals surface area (Å²) in [6, 6.07) is 7.87. The highest BCUT2D eigenvalue weighted by Gasteiger charge is 2.13. The molecule has 0 aliphatic rings. The fourth-order valence-corrected chi connectivity index (χ4v) is 1.40. The number of carboxylic acid groups (broad SMARTS) is 1. The molecular weight excluding hydrogens is 228 g/mol. The van der Waals surface area contributed by atoms with Crippen molar-refractivity contribution in [2.75, 3.05) is 6.61 Å². The first kappa shape index (κ1) is 14.3. The number of aliphatic carboxylic acids is 1. The molecule has 0 unspecified atom stereocenters. The van der Waals surface area contributed by atoms with E-state index in [9.17, 15) is 4.79 Å². The minimum atomic E-state index is -0.915. The number of carbonyl (C=O) groups is 1.